The molecule has 1 atom stereocenters. The Morgan fingerprint density at radius 2 is 2.29 bits per heavy atom. The van der Waals surface area contributed by atoms with Crippen LogP contribution in [0.2, 0.25) is 0 Å². The topological polar surface area (TPSA) is 50.1 Å². The first-order valence-electron chi connectivity index (χ1n) is 6.80. The van der Waals surface area contributed by atoms with E-state index in [0.29, 0.717) is 5.92 Å². The summed E-state index contributed by atoms with van der Waals surface area (Å²) in [5, 5.41) is 12.9. The standard InChI is InChI=1S/C13H21N3O/c17-9-11-12-5-1-2-7-16(12)13(15-11)10-4-3-6-14-8-10/h10,14,17H,1-9H2. The average Bonchev–Trinajstić information content (AvgIpc) is 2.78. The van der Waals surface area contributed by atoms with Crippen molar-refractivity contribution >= 4 is 0 Å². The van der Waals surface area contributed by atoms with E-state index in [1.165, 1.54) is 37.2 Å². The van der Waals surface area contributed by atoms with E-state index in [2.05, 4.69) is 9.88 Å². The smallest absolute Gasteiger partial charge is 0.113 e. The quantitative estimate of drug-likeness (QED) is 0.809. The lowest BCUT2D eigenvalue weighted by Crippen LogP contribution is -2.30. The number of aromatic nitrogens is 2. The molecule has 3 rings (SSSR count). The van der Waals surface area contributed by atoms with Gasteiger partial charge in [-0.3, -0.25) is 0 Å². The van der Waals surface area contributed by atoms with Gasteiger partial charge in [0.25, 0.3) is 0 Å². The summed E-state index contributed by atoms with van der Waals surface area (Å²) in [5.74, 6) is 1.76. The molecular weight excluding hydrogens is 214 g/mol. The van der Waals surface area contributed by atoms with Crippen LogP contribution in [-0.2, 0) is 19.6 Å². The van der Waals surface area contributed by atoms with Gasteiger partial charge in [0.1, 0.15) is 5.82 Å². The van der Waals surface area contributed by atoms with E-state index in [9.17, 15) is 5.11 Å². The highest BCUT2D eigenvalue weighted by Gasteiger charge is 2.25. The second kappa shape index (κ2) is 4.78. The number of aliphatic hydroxyl groups is 1. The summed E-state index contributed by atoms with van der Waals surface area (Å²) in [5.41, 5.74) is 2.21. The number of hydrogen-bond acceptors (Lipinski definition) is 3. The first-order valence-corrected chi connectivity index (χ1v) is 6.80. The van der Waals surface area contributed by atoms with Gasteiger partial charge in [-0.2, -0.15) is 0 Å². The van der Waals surface area contributed by atoms with Gasteiger partial charge in [0.05, 0.1) is 12.3 Å². The van der Waals surface area contributed by atoms with Crippen LogP contribution in [-0.4, -0.2) is 27.7 Å². The average molecular weight is 235 g/mol. The highest BCUT2D eigenvalue weighted by molar-refractivity contribution is 5.21. The number of aliphatic hydroxyl groups excluding tert-OH is 1. The molecule has 0 saturated carbocycles. The second-order valence-corrected chi connectivity index (χ2v) is 5.17. The molecule has 0 radical (unpaired) electrons. The van der Waals surface area contributed by atoms with Crippen LogP contribution in [0.1, 0.15) is 48.8 Å². The Hall–Kier alpha value is -0.870. The van der Waals surface area contributed by atoms with E-state index in [1.807, 2.05) is 0 Å². The molecule has 2 aliphatic heterocycles. The molecule has 0 spiro atoms. The Morgan fingerprint density at radius 3 is 3.06 bits per heavy atom. The second-order valence-electron chi connectivity index (χ2n) is 5.17. The predicted molar refractivity (Wildman–Crippen MR) is 65.9 cm³/mol. The predicted octanol–water partition coefficient (Wildman–Crippen LogP) is 1.18. The van der Waals surface area contributed by atoms with E-state index in [-0.39, 0.29) is 6.61 Å². The largest absolute Gasteiger partial charge is 0.390 e. The SMILES string of the molecule is OCc1nc(C2CCCNC2)n2c1CCCC2. The van der Waals surface area contributed by atoms with Crippen molar-refractivity contribution in [1.82, 2.24) is 14.9 Å². The van der Waals surface area contributed by atoms with Crippen molar-refractivity contribution in [2.75, 3.05) is 13.1 Å². The maximum atomic E-state index is 9.41. The molecule has 2 N–H and O–H groups in total. The number of fused-ring (bicyclic) bond motifs is 1. The van der Waals surface area contributed by atoms with Gasteiger partial charge < -0.3 is 15.0 Å². The summed E-state index contributed by atoms with van der Waals surface area (Å²) in [6.45, 7) is 3.36. The summed E-state index contributed by atoms with van der Waals surface area (Å²) in [4.78, 5) is 4.71. The molecule has 0 aromatic carbocycles. The Bertz CT molecular complexity index is 394. The minimum Gasteiger partial charge on any atom is -0.390 e. The summed E-state index contributed by atoms with van der Waals surface area (Å²) in [6.07, 6.45) is 6.04. The molecule has 0 aliphatic carbocycles. The van der Waals surface area contributed by atoms with Gasteiger partial charge in [-0.25, -0.2) is 4.98 Å². The van der Waals surface area contributed by atoms with Crippen LogP contribution in [0.3, 0.4) is 0 Å². The van der Waals surface area contributed by atoms with Gasteiger partial charge in [-0.1, -0.05) is 0 Å². The van der Waals surface area contributed by atoms with Gasteiger partial charge >= 0.3 is 0 Å². The lowest BCUT2D eigenvalue weighted by atomic mass is 9.98. The molecule has 94 valence electrons. The van der Waals surface area contributed by atoms with Crippen LogP contribution in [0.4, 0.5) is 0 Å². The third-order valence-corrected chi connectivity index (χ3v) is 4.04. The Labute approximate surface area is 102 Å². The fourth-order valence-electron chi connectivity index (χ4n) is 3.16. The number of nitrogens with one attached hydrogen (secondary N) is 1. The van der Waals surface area contributed by atoms with Crippen LogP contribution in [0, 0.1) is 0 Å². The molecule has 3 heterocycles. The highest BCUT2D eigenvalue weighted by Crippen LogP contribution is 2.28. The third-order valence-electron chi connectivity index (χ3n) is 4.04. The van der Waals surface area contributed by atoms with Crippen LogP contribution >= 0.6 is 0 Å². The summed E-state index contributed by atoms with van der Waals surface area (Å²) < 4.78 is 2.38. The van der Waals surface area contributed by atoms with Crippen molar-refractivity contribution in [3.05, 3.63) is 17.2 Å². The van der Waals surface area contributed by atoms with Crippen LogP contribution < -0.4 is 5.32 Å². The molecular formula is C13H21N3O. The molecule has 1 unspecified atom stereocenters. The van der Waals surface area contributed by atoms with Crippen LogP contribution in [0.5, 0.6) is 0 Å². The maximum absolute atomic E-state index is 9.41. The van der Waals surface area contributed by atoms with Gasteiger partial charge in [0, 0.05) is 24.7 Å². The maximum Gasteiger partial charge on any atom is 0.113 e. The van der Waals surface area contributed by atoms with Crippen molar-refractivity contribution in [3.8, 4) is 0 Å². The Morgan fingerprint density at radius 1 is 1.35 bits per heavy atom. The van der Waals surface area contributed by atoms with Gasteiger partial charge in [-0.05, 0) is 38.6 Å². The minimum atomic E-state index is 0.0927. The first kappa shape index (κ1) is 11.2. The Balaban J connectivity index is 1.95. The number of hydrogen-bond donors (Lipinski definition) is 2. The van der Waals surface area contributed by atoms with Crippen molar-refractivity contribution in [3.63, 3.8) is 0 Å². The summed E-state index contributed by atoms with van der Waals surface area (Å²) in [6, 6.07) is 0. The highest BCUT2D eigenvalue weighted by atomic mass is 16.3. The molecule has 1 aromatic rings. The van der Waals surface area contributed by atoms with Crippen molar-refractivity contribution in [2.24, 2.45) is 0 Å². The van der Waals surface area contributed by atoms with Crippen molar-refractivity contribution < 1.29 is 5.11 Å². The Kier molecular flexibility index (Phi) is 3.16. The number of imidazole rings is 1. The minimum absolute atomic E-state index is 0.0927. The zero-order valence-corrected chi connectivity index (χ0v) is 10.3. The number of nitrogens with zero attached hydrogens (tertiary/aromatic N) is 2. The molecule has 0 bridgehead atoms. The summed E-state index contributed by atoms with van der Waals surface area (Å²) >= 11 is 0. The molecule has 4 heteroatoms. The molecule has 0 amide bonds. The zero-order chi connectivity index (χ0) is 11.7. The molecule has 1 aromatic heterocycles. The van der Waals surface area contributed by atoms with E-state index in [1.54, 1.807) is 0 Å². The van der Waals surface area contributed by atoms with Crippen molar-refractivity contribution in [2.45, 2.75) is 51.2 Å². The van der Waals surface area contributed by atoms with Gasteiger partial charge in [-0.15, -0.1) is 0 Å². The van der Waals surface area contributed by atoms with E-state index in [0.717, 1.165) is 31.7 Å². The van der Waals surface area contributed by atoms with Crippen LogP contribution in [0.15, 0.2) is 0 Å². The lowest BCUT2D eigenvalue weighted by molar-refractivity contribution is 0.275. The fraction of sp³-hybridized carbons (Fsp3) is 0.769. The van der Waals surface area contributed by atoms with E-state index >= 15 is 0 Å². The molecule has 17 heavy (non-hydrogen) atoms. The summed E-state index contributed by atoms with van der Waals surface area (Å²) in [7, 11) is 0. The monoisotopic (exact) mass is 235 g/mol. The van der Waals surface area contributed by atoms with E-state index in [4.69, 9.17) is 4.98 Å². The zero-order valence-electron chi connectivity index (χ0n) is 10.3. The van der Waals surface area contributed by atoms with E-state index < -0.39 is 0 Å². The molecule has 2 aliphatic rings. The normalized spacial score (nSPS) is 24.6. The molecule has 1 saturated heterocycles. The molecule has 4 nitrogen and oxygen atoms in total. The van der Waals surface area contributed by atoms with Crippen LogP contribution in [0.25, 0.3) is 0 Å². The lowest BCUT2D eigenvalue weighted by Gasteiger charge is -2.25. The number of rotatable bonds is 2. The van der Waals surface area contributed by atoms with Gasteiger partial charge in [0.2, 0.25) is 0 Å². The fourth-order valence-corrected chi connectivity index (χ4v) is 3.16. The number of piperidine rings is 1. The van der Waals surface area contributed by atoms with Gasteiger partial charge in [0.15, 0.2) is 0 Å². The van der Waals surface area contributed by atoms with Crippen molar-refractivity contribution in [1.29, 1.82) is 0 Å². The first-order chi connectivity index (χ1) is 8.40. The molecule has 1 fully saturated rings. The third kappa shape index (κ3) is 2.00.